The summed E-state index contributed by atoms with van der Waals surface area (Å²) in [5.74, 6) is 2.06. The fourth-order valence-electron chi connectivity index (χ4n) is 1.74. The second-order valence-corrected chi connectivity index (χ2v) is 7.02. The number of carbonyl (C=O) groups is 2. The minimum absolute atomic E-state index is 0.0402. The molecule has 0 atom stereocenters. The van der Waals surface area contributed by atoms with Crippen molar-refractivity contribution in [3.63, 3.8) is 0 Å². The smallest absolute Gasteiger partial charge is 0.410 e. The molecule has 1 rings (SSSR count). The highest BCUT2D eigenvalue weighted by atomic mass is 32.2. The van der Waals surface area contributed by atoms with Gasteiger partial charge < -0.3 is 15.0 Å². The minimum Gasteiger partial charge on any atom is -0.444 e. The van der Waals surface area contributed by atoms with Gasteiger partial charge in [0, 0.05) is 13.1 Å². The zero-order chi connectivity index (χ0) is 14.5. The highest BCUT2D eigenvalue weighted by Crippen LogP contribution is 2.16. The summed E-state index contributed by atoms with van der Waals surface area (Å²) < 4.78 is 5.19. The van der Waals surface area contributed by atoms with Crippen LogP contribution in [-0.2, 0) is 9.53 Å². The third-order valence-electron chi connectivity index (χ3n) is 2.67. The molecule has 1 N–H and O–H groups in total. The number of amides is 2. The minimum atomic E-state index is -0.539. The number of nitrogens with zero attached hydrogens (tertiary/aromatic N) is 1. The van der Waals surface area contributed by atoms with Crippen LogP contribution in [0.3, 0.4) is 0 Å². The molecular weight excluding hydrogens is 264 g/mol. The highest BCUT2D eigenvalue weighted by Gasteiger charge is 2.22. The Labute approximate surface area is 119 Å². The van der Waals surface area contributed by atoms with Crippen LogP contribution in [0.4, 0.5) is 4.79 Å². The number of rotatable bonds is 3. The van der Waals surface area contributed by atoms with Gasteiger partial charge in [-0.05, 0) is 45.1 Å². The summed E-state index contributed by atoms with van der Waals surface area (Å²) in [6, 6.07) is 0.251. The standard InChI is InChI=1S/C13H24N2O3S/c1-13(2,3)18-12(17)15(4)9-11(16)14-10-5-7-19-8-6-10/h10H,5-9H2,1-4H3,(H,14,16). The third kappa shape index (κ3) is 6.71. The number of ether oxygens (including phenoxy) is 1. The first-order valence-electron chi connectivity index (χ1n) is 6.59. The van der Waals surface area contributed by atoms with E-state index in [2.05, 4.69) is 5.32 Å². The van der Waals surface area contributed by atoms with Crippen molar-refractivity contribution in [2.75, 3.05) is 25.1 Å². The Bertz CT molecular complexity index is 322. The summed E-state index contributed by atoms with van der Waals surface area (Å²) in [7, 11) is 1.57. The van der Waals surface area contributed by atoms with Gasteiger partial charge in [0.15, 0.2) is 0 Å². The quantitative estimate of drug-likeness (QED) is 0.861. The van der Waals surface area contributed by atoms with E-state index < -0.39 is 11.7 Å². The number of hydrogen-bond donors (Lipinski definition) is 1. The van der Waals surface area contributed by atoms with Gasteiger partial charge in [-0.25, -0.2) is 4.79 Å². The van der Waals surface area contributed by atoms with E-state index in [1.165, 1.54) is 4.90 Å². The van der Waals surface area contributed by atoms with Gasteiger partial charge in [0.2, 0.25) is 5.91 Å². The van der Waals surface area contributed by atoms with E-state index in [1.54, 1.807) is 27.8 Å². The molecule has 1 saturated heterocycles. The summed E-state index contributed by atoms with van der Waals surface area (Å²) in [5, 5.41) is 2.97. The van der Waals surface area contributed by atoms with Gasteiger partial charge in [-0.3, -0.25) is 4.79 Å². The topological polar surface area (TPSA) is 58.6 Å². The van der Waals surface area contributed by atoms with E-state index >= 15 is 0 Å². The van der Waals surface area contributed by atoms with Gasteiger partial charge in [-0.2, -0.15) is 11.8 Å². The van der Waals surface area contributed by atoms with E-state index in [1.807, 2.05) is 11.8 Å². The van der Waals surface area contributed by atoms with Crippen LogP contribution >= 0.6 is 11.8 Å². The fourth-order valence-corrected chi connectivity index (χ4v) is 2.84. The van der Waals surface area contributed by atoms with Gasteiger partial charge in [0.1, 0.15) is 12.1 Å². The largest absolute Gasteiger partial charge is 0.444 e. The molecule has 2 amide bonds. The molecule has 1 fully saturated rings. The van der Waals surface area contributed by atoms with Crippen molar-refractivity contribution in [3.8, 4) is 0 Å². The lowest BCUT2D eigenvalue weighted by Gasteiger charge is -2.26. The number of carbonyl (C=O) groups excluding carboxylic acids is 2. The molecule has 0 aromatic heterocycles. The molecule has 1 aliphatic heterocycles. The van der Waals surface area contributed by atoms with Crippen molar-refractivity contribution in [3.05, 3.63) is 0 Å². The lowest BCUT2D eigenvalue weighted by Crippen LogP contribution is -2.45. The second-order valence-electron chi connectivity index (χ2n) is 5.79. The van der Waals surface area contributed by atoms with E-state index in [9.17, 15) is 9.59 Å². The van der Waals surface area contributed by atoms with Crippen LogP contribution in [0, 0.1) is 0 Å². The Balaban J connectivity index is 2.32. The van der Waals surface area contributed by atoms with Crippen LogP contribution in [0.1, 0.15) is 33.6 Å². The van der Waals surface area contributed by atoms with Crippen molar-refractivity contribution in [2.24, 2.45) is 0 Å². The molecule has 110 valence electrons. The summed E-state index contributed by atoms with van der Waals surface area (Å²) in [6.45, 7) is 5.45. The Hall–Kier alpha value is -0.910. The SMILES string of the molecule is CN(CC(=O)NC1CCSCC1)C(=O)OC(C)(C)C. The maximum absolute atomic E-state index is 11.8. The predicted molar refractivity (Wildman–Crippen MR) is 77.4 cm³/mol. The van der Waals surface area contributed by atoms with Crippen LogP contribution in [0.5, 0.6) is 0 Å². The van der Waals surface area contributed by atoms with Crippen LogP contribution in [0.2, 0.25) is 0 Å². The average molecular weight is 288 g/mol. The molecule has 5 nitrogen and oxygen atoms in total. The van der Waals surface area contributed by atoms with Crippen molar-refractivity contribution < 1.29 is 14.3 Å². The third-order valence-corrected chi connectivity index (χ3v) is 3.72. The molecule has 19 heavy (non-hydrogen) atoms. The Kier molecular flexibility index (Phi) is 5.97. The molecule has 0 unspecified atom stereocenters. The van der Waals surface area contributed by atoms with E-state index in [0.29, 0.717) is 0 Å². The van der Waals surface area contributed by atoms with E-state index in [-0.39, 0.29) is 18.5 Å². The maximum atomic E-state index is 11.8. The molecule has 0 bridgehead atoms. The number of nitrogens with one attached hydrogen (secondary N) is 1. The summed E-state index contributed by atoms with van der Waals surface area (Å²) in [6.07, 6.45) is 1.54. The molecule has 0 aromatic rings. The molecule has 0 saturated carbocycles. The van der Waals surface area contributed by atoms with Gasteiger partial charge in [0.05, 0.1) is 0 Å². The average Bonchev–Trinajstić information content (AvgIpc) is 2.27. The zero-order valence-corrected chi connectivity index (χ0v) is 13.0. The van der Waals surface area contributed by atoms with Gasteiger partial charge in [0.25, 0.3) is 0 Å². The first kappa shape index (κ1) is 16.1. The van der Waals surface area contributed by atoms with Crippen LogP contribution in [0.25, 0.3) is 0 Å². The summed E-state index contributed by atoms with van der Waals surface area (Å²) in [4.78, 5) is 24.8. The van der Waals surface area contributed by atoms with Crippen molar-refractivity contribution >= 4 is 23.8 Å². The van der Waals surface area contributed by atoms with E-state index in [0.717, 1.165) is 24.3 Å². The fraction of sp³-hybridized carbons (Fsp3) is 0.846. The molecule has 1 aliphatic rings. The normalized spacial score (nSPS) is 16.8. The van der Waals surface area contributed by atoms with Crippen LogP contribution in [-0.4, -0.2) is 53.6 Å². The lowest BCUT2D eigenvalue weighted by atomic mass is 10.1. The van der Waals surface area contributed by atoms with Gasteiger partial charge in [-0.15, -0.1) is 0 Å². The van der Waals surface area contributed by atoms with Crippen molar-refractivity contribution in [2.45, 2.75) is 45.3 Å². The van der Waals surface area contributed by atoms with Crippen LogP contribution in [0.15, 0.2) is 0 Å². The Morgan fingerprint density at radius 3 is 2.42 bits per heavy atom. The summed E-state index contributed by atoms with van der Waals surface area (Å²) >= 11 is 1.92. The first-order valence-corrected chi connectivity index (χ1v) is 7.74. The summed E-state index contributed by atoms with van der Waals surface area (Å²) in [5.41, 5.74) is -0.539. The first-order chi connectivity index (χ1) is 8.78. The lowest BCUT2D eigenvalue weighted by molar-refractivity contribution is -0.122. The second kappa shape index (κ2) is 7.03. The molecule has 0 radical (unpaired) electrons. The van der Waals surface area contributed by atoms with Crippen molar-refractivity contribution in [1.29, 1.82) is 0 Å². The molecule has 6 heteroatoms. The zero-order valence-electron chi connectivity index (χ0n) is 12.2. The molecule has 0 aliphatic carbocycles. The molecule has 0 spiro atoms. The maximum Gasteiger partial charge on any atom is 0.410 e. The Morgan fingerprint density at radius 2 is 1.89 bits per heavy atom. The van der Waals surface area contributed by atoms with Crippen molar-refractivity contribution in [1.82, 2.24) is 10.2 Å². The molecule has 1 heterocycles. The number of thioether (sulfide) groups is 1. The van der Waals surface area contributed by atoms with Crippen LogP contribution < -0.4 is 5.32 Å². The molecular formula is C13H24N2O3S. The Morgan fingerprint density at radius 1 is 1.32 bits per heavy atom. The van der Waals surface area contributed by atoms with Gasteiger partial charge >= 0.3 is 6.09 Å². The molecule has 0 aromatic carbocycles. The van der Waals surface area contributed by atoms with Gasteiger partial charge in [-0.1, -0.05) is 0 Å². The number of likely N-dealkylation sites (N-methyl/N-ethyl adjacent to an activating group) is 1. The highest BCUT2D eigenvalue weighted by molar-refractivity contribution is 7.99. The number of hydrogen-bond acceptors (Lipinski definition) is 4. The van der Waals surface area contributed by atoms with E-state index in [4.69, 9.17) is 4.74 Å². The predicted octanol–water partition coefficient (Wildman–Crippen LogP) is 1.87. The monoisotopic (exact) mass is 288 g/mol.